The van der Waals surface area contributed by atoms with Crippen molar-refractivity contribution in [1.82, 2.24) is 27.9 Å². The molecule has 13 aromatic rings. The fourth-order valence-electron chi connectivity index (χ4n) is 13.4. The van der Waals surface area contributed by atoms with Crippen LogP contribution in [-0.4, -0.2) is 136 Å². The van der Waals surface area contributed by atoms with Crippen LogP contribution >= 0.6 is 15.9 Å². The van der Waals surface area contributed by atoms with E-state index < -0.39 is 20.0 Å². The van der Waals surface area contributed by atoms with Crippen molar-refractivity contribution in [3.63, 3.8) is 0 Å². The molecule has 0 amide bonds. The summed E-state index contributed by atoms with van der Waals surface area (Å²) in [6.45, 7) is 17.2. The van der Waals surface area contributed by atoms with Gasteiger partial charge in [0.05, 0.1) is 84.2 Å². The average molecular weight is 1520 g/mol. The first-order chi connectivity index (χ1) is 51.5. The third-order valence-electron chi connectivity index (χ3n) is 18.5. The number of benzene rings is 7. The van der Waals surface area contributed by atoms with E-state index in [0.29, 0.717) is 77.1 Å². The van der Waals surface area contributed by atoms with Crippen LogP contribution in [0.25, 0.3) is 89.1 Å². The first-order valence-corrected chi connectivity index (χ1v) is 38.7. The van der Waals surface area contributed by atoms with Gasteiger partial charge >= 0.3 is 0 Å². The molecular formula is C83H76BrN11O9S2. The maximum absolute atomic E-state index is 14.2. The van der Waals surface area contributed by atoms with Crippen molar-refractivity contribution in [1.29, 1.82) is 10.5 Å². The summed E-state index contributed by atoms with van der Waals surface area (Å²) in [7, 11) is -7.85. The maximum Gasteiger partial charge on any atom is 0.269 e. The summed E-state index contributed by atoms with van der Waals surface area (Å²) in [6, 6.07) is 68.5. The van der Waals surface area contributed by atoms with E-state index in [1.54, 1.807) is 91.4 Å². The molecule has 16 rings (SSSR count). The average Bonchev–Trinajstić information content (AvgIpc) is 1.60. The zero-order chi connectivity index (χ0) is 73.5. The molecule has 20 nitrogen and oxygen atoms in total. The van der Waals surface area contributed by atoms with Gasteiger partial charge in [0.25, 0.3) is 20.0 Å². The lowest BCUT2D eigenvalue weighted by molar-refractivity contribution is 0.122. The van der Waals surface area contributed by atoms with Gasteiger partial charge < -0.3 is 43.4 Å². The van der Waals surface area contributed by atoms with E-state index in [1.807, 2.05) is 131 Å². The van der Waals surface area contributed by atoms with E-state index in [2.05, 4.69) is 93.0 Å². The Hall–Kier alpha value is -11.2. The second-order valence-electron chi connectivity index (χ2n) is 26.1. The molecule has 0 unspecified atom stereocenters. The second-order valence-corrected chi connectivity index (χ2v) is 30.5. The Balaban J connectivity index is 0.000000135. The maximum atomic E-state index is 14.2. The van der Waals surface area contributed by atoms with Gasteiger partial charge in [-0.2, -0.15) is 10.5 Å². The highest BCUT2D eigenvalue weighted by Crippen LogP contribution is 2.41. The van der Waals surface area contributed by atoms with Crippen molar-refractivity contribution in [2.45, 2.75) is 49.7 Å². The lowest BCUT2D eigenvalue weighted by Crippen LogP contribution is -2.36. The number of rotatable bonds is 16. The van der Waals surface area contributed by atoms with Gasteiger partial charge in [-0.3, -0.25) is 0 Å². The van der Waals surface area contributed by atoms with Crippen LogP contribution < -0.4 is 24.2 Å². The Labute approximate surface area is 624 Å². The van der Waals surface area contributed by atoms with Crippen LogP contribution in [0.4, 0.5) is 17.1 Å². The van der Waals surface area contributed by atoms with Crippen LogP contribution in [0.15, 0.2) is 239 Å². The van der Waals surface area contributed by atoms with Crippen LogP contribution in [0.1, 0.15) is 38.8 Å². The second kappa shape index (κ2) is 31.7. The molecule has 3 fully saturated rings. The third-order valence-corrected chi connectivity index (χ3v) is 22.7. The summed E-state index contributed by atoms with van der Waals surface area (Å²) in [6.07, 6.45) is 4.94. The molecule has 1 N–H and O–H groups in total. The number of nitrogens with zero attached hydrogens (tertiary/aromatic N) is 10. The van der Waals surface area contributed by atoms with Gasteiger partial charge in [-0.15, -0.1) is 0 Å². The van der Waals surface area contributed by atoms with Crippen molar-refractivity contribution >= 4 is 86.1 Å². The first-order valence-electron chi connectivity index (χ1n) is 35.0. The van der Waals surface area contributed by atoms with Gasteiger partial charge in [-0.05, 0) is 204 Å². The van der Waals surface area contributed by atoms with E-state index in [1.165, 1.54) is 13.6 Å². The number of H-pyrrole nitrogens is 1. The molecule has 0 atom stereocenters. The highest BCUT2D eigenvalue weighted by Gasteiger charge is 2.29. The topological polar surface area (TPSA) is 236 Å². The van der Waals surface area contributed by atoms with E-state index in [4.69, 9.17) is 23.7 Å². The first kappa shape index (κ1) is 71.8. The lowest BCUT2D eigenvalue weighted by Gasteiger charge is -2.28. The fourth-order valence-corrected chi connectivity index (χ4v) is 16.8. The Morgan fingerprint density at radius 3 is 1.24 bits per heavy atom. The van der Waals surface area contributed by atoms with Gasteiger partial charge in [-0.1, -0.05) is 84.9 Å². The number of nitriles is 2. The molecule has 7 aromatic carbocycles. The monoisotopic (exact) mass is 1510 g/mol. The lowest BCUT2D eigenvalue weighted by atomic mass is 10.0. The molecular weight excluding hydrogens is 1440 g/mol. The highest BCUT2D eigenvalue weighted by molar-refractivity contribution is 9.10. The molecule has 536 valence electrons. The summed E-state index contributed by atoms with van der Waals surface area (Å²) in [5, 5.41) is 21.9. The van der Waals surface area contributed by atoms with Gasteiger partial charge in [0.1, 0.15) is 29.3 Å². The van der Waals surface area contributed by atoms with Gasteiger partial charge in [0, 0.05) is 101 Å². The molecule has 9 heterocycles. The minimum atomic E-state index is -4.01. The Bertz CT molecular complexity index is 5630. The summed E-state index contributed by atoms with van der Waals surface area (Å²) in [5.41, 5.74) is 14.1. The Morgan fingerprint density at radius 2 is 0.811 bits per heavy atom. The minimum Gasteiger partial charge on any atom is -0.490 e. The molecule has 106 heavy (non-hydrogen) atoms. The molecule has 3 aliphatic rings. The number of morpholine rings is 3. The van der Waals surface area contributed by atoms with Crippen molar-refractivity contribution in [3.05, 3.63) is 240 Å². The van der Waals surface area contributed by atoms with Crippen LogP contribution in [-0.2, 0) is 34.3 Å². The Kier molecular flexibility index (Phi) is 21.5. The number of halogens is 1. The molecule has 0 radical (unpaired) electrons. The predicted octanol–water partition coefficient (Wildman–Crippen LogP) is 16.0. The van der Waals surface area contributed by atoms with Gasteiger partial charge in [0.2, 0.25) is 0 Å². The summed E-state index contributed by atoms with van der Waals surface area (Å²) >= 11 is 3.54. The van der Waals surface area contributed by atoms with Crippen LogP contribution in [0.2, 0.25) is 0 Å². The molecule has 0 bridgehead atoms. The Morgan fingerprint density at radius 1 is 0.434 bits per heavy atom. The minimum absolute atomic E-state index is 0.0115. The normalized spacial score (nSPS) is 14.1. The molecule has 3 aliphatic heterocycles. The standard InChI is InChI=1S/C33H30N4O4S.C27H26N4O2.C23H20BrN3O3S/c1-23(2)41-32-13-10-25(20-26(32)22-34)29-14-15-35-33-30(29)21-31(37(33)42(38,39)28-6-4-3-5-7-28)24-8-11-27(12-9-24)36-16-18-40-19-17-36;1-18(2)33-26-8-5-20(15-21(26)17-28)23-9-10-29-27-24(23)16-25(30-27)19-3-6-22(7-4-19)31-11-13-32-14-12-31;24-21-10-11-25-23-20(21)16-22(27(23)31(28,29)19-4-2-1-3-5-19)17-6-8-18(9-7-17)26-12-14-30-15-13-26/h3-15,20-21,23H,16-19H2,1-2H3;3-10,15-16,18H,11-14H2,1-2H3,(H,29,30);1-11,16H,12-15H2. The molecule has 0 saturated carbocycles. The molecule has 23 heteroatoms. The fraction of sp³-hybridized carbons (Fsp3) is 0.217. The van der Waals surface area contributed by atoms with Crippen molar-refractivity contribution in [2.75, 3.05) is 93.6 Å². The molecule has 6 aromatic heterocycles. The van der Waals surface area contributed by atoms with Gasteiger partial charge in [-0.25, -0.2) is 39.7 Å². The zero-order valence-corrected chi connectivity index (χ0v) is 62.1. The van der Waals surface area contributed by atoms with Crippen molar-refractivity contribution in [2.24, 2.45) is 0 Å². The van der Waals surface area contributed by atoms with Crippen molar-refractivity contribution < 1.29 is 40.5 Å². The van der Waals surface area contributed by atoms with Crippen LogP contribution in [0.3, 0.4) is 0 Å². The molecule has 0 spiro atoms. The van der Waals surface area contributed by atoms with Gasteiger partial charge in [0.15, 0.2) is 11.3 Å². The number of aromatic nitrogens is 6. The summed E-state index contributed by atoms with van der Waals surface area (Å²) in [4.78, 5) is 24.2. The third kappa shape index (κ3) is 15.2. The van der Waals surface area contributed by atoms with Crippen LogP contribution in [0.5, 0.6) is 11.5 Å². The highest BCUT2D eigenvalue weighted by atomic mass is 79.9. The number of ether oxygens (including phenoxy) is 5. The van der Waals surface area contributed by atoms with E-state index in [9.17, 15) is 27.4 Å². The summed E-state index contributed by atoms with van der Waals surface area (Å²) < 4.78 is 87.0. The zero-order valence-electron chi connectivity index (χ0n) is 58.8. The number of aromatic amines is 1. The smallest absolute Gasteiger partial charge is 0.269 e. The number of hydrogen-bond acceptors (Lipinski definition) is 17. The predicted molar refractivity (Wildman–Crippen MR) is 419 cm³/mol. The van der Waals surface area contributed by atoms with Crippen molar-refractivity contribution in [3.8, 4) is 79.7 Å². The van der Waals surface area contributed by atoms with E-state index in [0.717, 1.165) is 129 Å². The van der Waals surface area contributed by atoms with E-state index in [-0.39, 0.29) is 22.0 Å². The molecule has 0 aliphatic carbocycles. The van der Waals surface area contributed by atoms with Crippen LogP contribution in [0, 0.1) is 22.7 Å². The number of anilines is 3. The van der Waals surface area contributed by atoms with E-state index >= 15 is 0 Å². The number of pyridine rings is 3. The molecule has 3 saturated heterocycles. The summed E-state index contributed by atoms with van der Waals surface area (Å²) in [5.74, 6) is 1.11. The number of hydrogen-bond donors (Lipinski definition) is 1. The largest absolute Gasteiger partial charge is 0.490 e. The number of fused-ring (bicyclic) bond motifs is 3. The SMILES string of the molecule is CC(C)Oc1ccc(-c2ccnc3[nH]c(-c4ccc(N5CCOCC5)cc4)cc23)cc1C#N.CC(C)Oc1ccc(-c2ccnc3c2cc(-c2ccc(N4CCOCC4)cc2)n3S(=O)(=O)c2ccccc2)cc1C#N.O=S(=O)(c1ccccc1)n1c(-c2ccc(N3CCOCC3)cc2)cc2c(Br)ccnc21. The number of nitrogens with one attached hydrogen (secondary N) is 1. The quantitative estimate of drug-likeness (QED) is 0.0946.